The molecule has 0 radical (unpaired) electrons. The molecular weight excluding hydrogens is 350 g/mol. The van der Waals surface area contributed by atoms with E-state index in [1.54, 1.807) is 7.11 Å². The molecule has 0 aromatic heterocycles. The maximum absolute atomic E-state index is 6.21. The highest BCUT2D eigenvalue weighted by molar-refractivity contribution is 5.35. The van der Waals surface area contributed by atoms with E-state index in [2.05, 4.69) is 30.9 Å². The maximum atomic E-state index is 6.21. The van der Waals surface area contributed by atoms with Gasteiger partial charge in [-0.3, -0.25) is 0 Å². The van der Waals surface area contributed by atoms with E-state index in [1.807, 2.05) is 6.07 Å². The van der Waals surface area contributed by atoms with E-state index in [4.69, 9.17) is 14.2 Å². The first-order valence-electron chi connectivity index (χ1n) is 11.3. The summed E-state index contributed by atoms with van der Waals surface area (Å²) < 4.78 is 17.8. The molecule has 0 amide bonds. The van der Waals surface area contributed by atoms with E-state index >= 15 is 0 Å². The van der Waals surface area contributed by atoms with Gasteiger partial charge >= 0.3 is 0 Å². The Kier molecular flexibility index (Phi) is 8.19. The van der Waals surface area contributed by atoms with Crippen molar-refractivity contribution in [3.8, 4) is 5.75 Å². The summed E-state index contributed by atoms with van der Waals surface area (Å²) in [7, 11) is 1.74. The van der Waals surface area contributed by atoms with Crippen molar-refractivity contribution < 1.29 is 14.2 Å². The van der Waals surface area contributed by atoms with Crippen molar-refractivity contribution in [3.05, 3.63) is 29.3 Å². The lowest BCUT2D eigenvalue weighted by Crippen LogP contribution is -2.41. The Morgan fingerprint density at radius 2 is 1.86 bits per heavy atom. The van der Waals surface area contributed by atoms with Crippen LogP contribution in [-0.4, -0.2) is 50.6 Å². The fourth-order valence-electron chi connectivity index (χ4n) is 4.90. The van der Waals surface area contributed by atoms with Crippen LogP contribution in [-0.2, 0) is 15.9 Å². The van der Waals surface area contributed by atoms with Gasteiger partial charge in [0.05, 0.1) is 20.3 Å². The van der Waals surface area contributed by atoms with E-state index in [0.29, 0.717) is 5.92 Å². The minimum atomic E-state index is -0.288. The van der Waals surface area contributed by atoms with Crippen LogP contribution in [0.15, 0.2) is 18.2 Å². The number of rotatable bonds is 10. The molecule has 1 aromatic rings. The number of aryl methyl sites for hydroxylation is 1. The molecule has 1 heterocycles. The van der Waals surface area contributed by atoms with Gasteiger partial charge < -0.3 is 19.1 Å². The average molecular weight is 390 g/mol. The number of hydrogen-bond acceptors (Lipinski definition) is 4. The van der Waals surface area contributed by atoms with Gasteiger partial charge in [-0.2, -0.15) is 0 Å². The van der Waals surface area contributed by atoms with Crippen molar-refractivity contribution in [1.29, 1.82) is 0 Å². The van der Waals surface area contributed by atoms with E-state index < -0.39 is 0 Å². The Morgan fingerprint density at radius 3 is 2.54 bits per heavy atom. The lowest BCUT2D eigenvalue weighted by atomic mass is 9.81. The normalized spacial score (nSPS) is 20.0. The number of ether oxygens (including phenoxy) is 3. The highest BCUT2D eigenvalue weighted by Crippen LogP contribution is 2.41. The molecule has 1 saturated heterocycles. The Bertz CT molecular complexity index is 592. The van der Waals surface area contributed by atoms with E-state index in [0.717, 1.165) is 57.9 Å². The molecule has 0 N–H and O–H groups in total. The van der Waals surface area contributed by atoms with Crippen molar-refractivity contribution in [2.75, 3.05) is 40.0 Å². The predicted octanol–water partition coefficient (Wildman–Crippen LogP) is 4.97. The van der Waals surface area contributed by atoms with E-state index in [-0.39, 0.29) is 5.79 Å². The second-order valence-corrected chi connectivity index (χ2v) is 8.42. The van der Waals surface area contributed by atoms with Gasteiger partial charge in [0.1, 0.15) is 5.75 Å². The fourth-order valence-corrected chi connectivity index (χ4v) is 4.90. The lowest BCUT2D eigenvalue weighted by Gasteiger charge is -2.38. The van der Waals surface area contributed by atoms with Crippen molar-refractivity contribution in [3.63, 3.8) is 0 Å². The molecule has 2 fully saturated rings. The minimum absolute atomic E-state index is 0.288. The minimum Gasteiger partial charge on any atom is -0.497 e. The Morgan fingerprint density at radius 1 is 1.11 bits per heavy atom. The van der Waals surface area contributed by atoms with Crippen LogP contribution < -0.4 is 4.74 Å². The number of hydrogen-bond donors (Lipinski definition) is 0. The molecule has 1 saturated carbocycles. The second kappa shape index (κ2) is 10.6. The van der Waals surface area contributed by atoms with Crippen LogP contribution in [0, 0.1) is 12.8 Å². The smallest absolute Gasteiger partial charge is 0.171 e. The quantitative estimate of drug-likeness (QED) is 0.565. The number of methoxy groups -OCH3 is 1. The van der Waals surface area contributed by atoms with Gasteiger partial charge in [-0.15, -0.1) is 0 Å². The van der Waals surface area contributed by atoms with Crippen LogP contribution >= 0.6 is 0 Å². The van der Waals surface area contributed by atoms with Crippen molar-refractivity contribution in [1.82, 2.24) is 4.90 Å². The van der Waals surface area contributed by atoms with Crippen LogP contribution in [0.25, 0.3) is 0 Å². The zero-order chi connectivity index (χ0) is 19.8. The summed E-state index contributed by atoms with van der Waals surface area (Å²) >= 11 is 0. The SMILES string of the molecule is CCN(CCCC1(C2CCCCC2)OCCO1)CCc1cc(OC)ccc1C. The largest absolute Gasteiger partial charge is 0.497 e. The summed E-state index contributed by atoms with van der Waals surface area (Å²) in [6.07, 6.45) is 9.82. The van der Waals surface area contributed by atoms with Gasteiger partial charge in [-0.05, 0) is 69.0 Å². The van der Waals surface area contributed by atoms with Crippen LogP contribution in [0.3, 0.4) is 0 Å². The van der Waals surface area contributed by atoms with E-state index in [1.165, 1.54) is 43.2 Å². The summed E-state index contributed by atoms with van der Waals surface area (Å²) in [6.45, 7) is 9.27. The van der Waals surface area contributed by atoms with Crippen molar-refractivity contribution in [2.24, 2.45) is 5.92 Å². The molecule has 2 aliphatic rings. The van der Waals surface area contributed by atoms with Crippen LogP contribution in [0.2, 0.25) is 0 Å². The molecule has 4 nitrogen and oxygen atoms in total. The Balaban J connectivity index is 1.49. The molecule has 0 atom stereocenters. The summed E-state index contributed by atoms with van der Waals surface area (Å²) in [5, 5.41) is 0. The molecule has 0 spiro atoms. The van der Waals surface area contributed by atoms with Gasteiger partial charge in [0.15, 0.2) is 5.79 Å². The first-order chi connectivity index (χ1) is 13.7. The van der Waals surface area contributed by atoms with Crippen LogP contribution in [0.1, 0.15) is 63.0 Å². The van der Waals surface area contributed by atoms with Gasteiger partial charge in [0.2, 0.25) is 0 Å². The molecule has 0 unspecified atom stereocenters. The second-order valence-electron chi connectivity index (χ2n) is 8.42. The number of likely N-dealkylation sites (N-methyl/N-ethyl adjacent to an activating group) is 1. The average Bonchev–Trinajstić information content (AvgIpc) is 3.22. The van der Waals surface area contributed by atoms with Gasteiger partial charge in [-0.25, -0.2) is 0 Å². The molecule has 4 heteroatoms. The monoisotopic (exact) mass is 389 g/mol. The molecule has 1 aliphatic carbocycles. The van der Waals surface area contributed by atoms with Crippen molar-refractivity contribution >= 4 is 0 Å². The predicted molar refractivity (Wildman–Crippen MR) is 114 cm³/mol. The molecule has 28 heavy (non-hydrogen) atoms. The first kappa shape index (κ1) is 21.6. The van der Waals surface area contributed by atoms with Gasteiger partial charge in [0, 0.05) is 18.9 Å². The first-order valence-corrected chi connectivity index (χ1v) is 11.3. The van der Waals surface area contributed by atoms with E-state index in [9.17, 15) is 0 Å². The zero-order valence-electron chi connectivity index (χ0n) is 18.2. The van der Waals surface area contributed by atoms with Crippen molar-refractivity contribution in [2.45, 2.75) is 71.0 Å². The summed E-state index contributed by atoms with van der Waals surface area (Å²) in [5.74, 6) is 1.26. The zero-order valence-corrected chi connectivity index (χ0v) is 18.2. The topological polar surface area (TPSA) is 30.9 Å². The standard InChI is InChI=1S/C24H39NO3/c1-4-25(16-13-21-19-23(26-3)12-11-20(21)2)15-8-14-24(27-17-18-28-24)22-9-6-5-7-10-22/h11-12,19,22H,4-10,13-18H2,1-3H3. The third kappa shape index (κ3) is 5.49. The highest BCUT2D eigenvalue weighted by Gasteiger charge is 2.43. The molecular formula is C24H39NO3. The Hall–Kier alpha value is -1.10. The van der Waals surface area contributed by atoms with Crippen LogP contribution in [0.4, 0.5) is 0 Å². The lowest BCUT2D eigenvalue weighted by molar-refractivity contribution is -0.207. The van der Waals surface area contributed by atoms with Gasteiger partial charge in [-0.1, -0.05) is 32.3 Å². The summed E-state index contributed by atoms with van der Waals surface area (Å²) in [6, 6.07) is 6.39. The maximum Gasteiger partial charge on any atom is 0.171 e. The molecule has 3 rings (SSSR count). The molecule has 0 bridgehead atoms. The fraction of sp³-hybridized carbons (Fsp3) is 0.750. The third-order valence-electron chi connectivity index (χ3n) is 6.70. The summed E-state index contributed by atoms with van der Waals surface area (Å²) in [4.78, 5) is 2.56. The summed E-state index contributed by atoms with van der Waals surface area (Å²) in [5.41, 5.74) is 2.74. The molecule has 158 valence electrons. The Labute approximate surface area is 171 Å². The highest BCUT2D eigenvalue weighted by atomic mass is 16.7. The van der Waals surface area contributed by atoms with Crippen LogP contribution in [0.5, 0.6) is 5.75 Å². The third-order valence-corrected chi connectivity index (χ3v) is 6.70. The number of benzene rings is 1. The number of nitrogens with zero attached hydrogens (tertiary/aromatic N) is 1. The van der Waals surface area contributed by atoms with Gasteiger partial charge in [0.25, 0.3) is 0 Å². The molecule has 1 aliphatic heterocycles. The molecule has 1 aromatic carbocycles.